The van der Waals surface area contributed by atoms with Gasteiger partial charge in [0.25, 0.3) is 0 Å². The fourth-order valence-corrected chi connectivity index (χ4v) is 3.88. The maximum Gasteiger partial charge on any atom is 0.203 e. The van der Waals surface area contributed by atoms with Crippen molar-refractivity contribution in [2.45, 2.75) is 32.6 Å². The molecule has 2 aromatic rings. The Morgan fingerprint density at radius 3 is 2.33 bits per heavy atom. The molecule has 0 amide bonds. The number of nitrogens with one attached hydrogen (secondary N) is 2. The highest BCUT2D eigenvalue weighted by atomic mass is 127. The number of guanidine groups is 1. The quantitative estimate of drug-likeness (QED) is 0.261. The highest BCUT2D eigenvalue weighted by Crippen LogP contribution is 2.39. The van der Waals surface area contributed by atoms with E-state index in [1.54, 1.807) is 32.7 Å². The second-order valence-electron chi connectivity index (χ2n) is 7.23. The first-order chi connectivity index (χ1) is 14.0. The molecule has 6 nitrogen and oxygen atoms in total. The minimum absolute atomic E-state index is 0. The fraction of sp³-hybridized carbons (Fsp3) is 0.500. The van der Waals surface area contributed by atoms with Crippen molar-refractivity contribution in [3.8, 4) is 17.2 Å². The van der Waals surface area contributed by atoms with Gasteiger partial charge in [0, 0.05) is 28.9 Å². The first-order valence-corrected chi connectivity index (χ1v) is 10.7. The van der Waals surface area contributed by atoms with Crippen molar-refractivity contribution in [2.75, 3.05) is 41.0 Å². The zero-order chi connectivity index (χ0) is 21.3. The molecule has 30 heavy (non-hydrogen) atoms. The SMILES string of the molecule is CCNC(=NCC(C)(C)c1cccs1)NCCc1ccc(OC)c(OC)c1OC.I. The third-order valence-corrected chi connectivity index (χ3v) is 5.87. The summed E-state index contributed by atoms with van der Waals surface area (Å²) in [5, 5.41) is 8.85. The number of methoxy groups -OCH3 is 3. The van der Waals surface area contributed by atoms with Crippen LogP contribution in [0.25, 0.3) is 0 Å². The zero-order valence-corrected chi connectivity index (χ0v) is 21.9. The molecule has 0 saturated heterocycles. The highest BCUT2D eigenvalue weighted by molar-refractivity contribution is 14.0. The Labute approximate surface area is 201 Å². The van der Waals surface area contributed by atoms with Crippen molar-refractivity contribution in [3.05, 3.63) is 40.1 Å². The van der Waals surface area contributed by atoms with Gasteiger partial charge in [-0.3, -0.25) is 4.99 Å². The van der Waals surface area contributed by atoms with Crippen LogP contribution in [0.2, 0.25) is 0 Å². The van der Waals surface area contributed by atoms with Crippen molar-refractivity contribution >= 4 is 41.3 Å². The molecule has 0 spiro atoms. The van der Waals surface area contributed by atoms with Gasteiger partial charge in [-0.2, -0.15) is 0 Å². The summed E-state index contributed by atoms with van der Waals surface area (Å²) in [6, 6.07) is 8.17. The molecule has 0 radical (unpaired) electrons. The number of aliphatic imine (C=N–C) groups is 1. The summed E-state index contributed by atoms with van der Waals surface area (Å²) in [4.78, 5) is 6.14. The van der Waals surface area contributed by atoms with Gasteiger partial charge in [0.2, 0.25) is 5.75 Å². The van der Waals surface area contributed by atoms with Gasteiger partial charge in [0.1, 0.15) is 0 Å². The Bertz CT molecular complexity index is 795. The van der Waals surface area contributed by atoms with Gasteiger partial charge in [0.15, 0.2) is 17.5 Å². The molecule has 2 N–H and O–H groups in total. The summed E-state index contributed by atoms with van der Waals surface area (Å²) < 4.78 is 16.4. The molecule has 0 aliphatic carbocycles. The van der Waals surface area contributed by atoms with Gasteiger partial charge in [-0.05, 0) is 30.9 Å². The minimum atomic E-state index is 0. The molecular formula is C22H34IN3O3S. The van der Waals surface area contributed by atoms with E-state index in [1.807, 2.05) is 12.1 Å². The van der Waals surface area contributed by atoms with Crippen molar-refractivity contribution < 1.29 is 14.2 Å². The van der Waals surface area contributed by atoms with Crippen LogP contribution in [-0.2, 0) is 11.8 Å². The van der Waals surface area contributed by atoms with Crippen molar-refractivity contribution in [1.29, 1.82) is 0 Å². The molecule has 0 atom stereocenters. The summed E-state index contributed by atoms with van der Waals surface area (Å²) in [6.45, 7) is 8.75. The molecule has 0 unspecified atom stereocenters. The van der Waals surface area contributed by atoms with E-state index in [2.05, 4.69) is 48.9 Å². The van der Waals surface area contributed by atoms with Gasteiger partial charge in [-0.1, -0.05) is 26.0 Å². The van der Waals surface area contributed by atoms with Crippen LogP contribution in [-0.4, -0.2) is 46.9 Å². The smallest absolute Gasteiger partial charge is 0.203 e. The first-order valence-electron chi connectivity index (χ1n) is 9.80. The average Bonchev–Trinajstić information content (AvgIpc) is 3.27. The third-order valence-electron chi connectivity index (χ3n) is 4.64. The monoisotopic (exact) mass is 547 g/mol. The number of thiophene rings is 1. The van der Waals surface area contributed by atoms with Gasteiger partial charge in [0.05, 0.1) is 27.9 Å². The van der Waals surface area contributed by atoms with Gasteiger partial charge < -0.3 is 24.8 Å². The summed E-state index contributed by atoms with van der Waals surface area (Å²) in [5.74, 6) is 2.79. The lowest BCUT2D eigenvalue weighted by atomic mass is 9.92. The summed E-state index contributed by atoms with van der Waals surface area (Å²) in [7, 11) is 4.88. The first kappa shape index (κ1) is 26.4. The van der Waals surface area contributed by atoms with E-state index in [9.17, 15) is 0 Å². The van der Waals surface area contributed by atoms with Gasteiger partial charge >= 0.3 is 0 Å². The lowest BCUT2D eigenvalue weighted by molar-refractivity contribution is 0.322. The number of halogens is 1. The summed E-state index contributed by atoms with van der Waals surface area (Å²) >= 11 is 1.77. The molecule has 8 heteroatoms. The molecule has 0 aliphatic heterocycles. The molecule has 168 valence electrons. The van der Waals surface area contributed by atoms with Crippen LogP contribution in [0, 0.1) is 0 Å². The molecular weight excluding hydrogens is 513 g/mol. The zero-order valence-electron chi connectivity index (χ0n) is 18.7. The standard InChI is InChI=1S/C22H33N3O3S.HI/c1-7-23-21(25-15-22(2,3)18-9-8-14-29-18)24-13-12-16-10-11-17(26-4)20(28-6)19(16)27-5;/h8-11,14H,7,12-13,15H2,1-6H3,(H2,23,24,25);1H. The lowest BCUT2D eigenvalue weighted by Gasteiger charge is -2.22. The number of nitrogens with zero attached hydrogens (tertiary/aromatic N) is 1. The fourth-order valence-electron chi connectivity index (χ4n) is 3.04. The van der Waals surface area contributed by atoms with E-state index in [0.29, 0.717) is 23.8 Å². The predicted octanol–water partition coefficient (Wildman–Crippen LogP) is 4.47. The molecule has 0 aliphatic rings. The van der Waals surface area contributed by atoms with E-state index in [0.717, 1.165) is 31.0 Å². The van der Waals surface area contributed by atoms with E-state index >= 15 is 0 Å². The normalized spacial score (nSPS) is 11.5. The molecule has 1 aromatic carbocycles. The summed E-state index contributed by atoms with van der Waals surface area (Å²) in [5.41, 5.74) is 1.05. The third kappa shape index (κ3) is 6.94. The van der Waals surface area contributed by atoms with Crippen LogP contribution >= 0.6 is 35.3 Å². The maximum atomic E-state index is 5.57. The van der Waals surface area contributed by atoms with E-state index in [4.69, 9.17) is 19.2 Å². The van der Waals surface area contributed by atoms with Crippen molar-refractivity contribution in [3.63, 3.8) is 0 Å². The average molecular weight is 548 g/mol. The molecule has 0 saturated carbocycles. The summed E-state index contributed by atoms with van der Waals surface area (Å²) in [6.07, 6.45) is 0.766. The topological polar surface area (TPSA) is 64.1 Å². The Morgan fingerprint density at radius 2 is 1.77 bits per heavy atom. The van der Waals surface area contributed by atoms with E-state index in [1.165, 1.54) is 4.88 Å². The van der Waals surface area contributed by atoms with E-state index < -0.39 is 0 Å². The van der Waals surface area contributed by atoms with Crippen LogP contribution in [0.1, 0.15) is 31.2 Å². The van der Waals surface area contributed by atoms with Crippen LogP contribution in [0.5, 0.6) is 17.2 Å². The molecule has 1 aromatic heterocycles. The van der Waals surface area contributed by atoms with Crippen LogP contribution < -0.4 is 24.8 Å². The number of benzene rings is 1. The van der Waals surface area contributed by atoms with Gasteiger partial charge in [-0.15, -0.1) is 35.3 Å². The predicted molar refractivity (Wildman–Crippen MR) is 137 cm³/mol. The molecule has 0 bridgehead atoms. The lowest BCUT2D eigenvalue weighted by Crippen LogP contribution is -2.39. The highest BCUT2D eigenvalue weighted by Gasteiger charge is 2.21. The van der Waals surface area contributed by atoms with Gasteiger partial charge in [-0.25, -0.2) is 0 Å². The Hall–Kier alpha value is -1.68. The van der Waals surface area contributed by atoms with Crippen molar-refractivity contribution in [2.24, 2.45) is 4.99 Å². The van der Waals surface area contributed by atoms with Crippen LogP contribution in [0.4, 0.5) is 0 Å². The molecule has 0 fully saturated rings. The van der Waals surface area contributed by atoms with Crippen LogP contribution in [0.15, 0.2) is 34.6 Å². The second kappa shape index (κ2) is 12.9. The number of hydrogen-bond acceptors (Lipinski definition) is 5. The maximum absolute atomic E-state index is 5.57. The molecule has 2 rings (SSSR count). The van der Waals surface area contributed by atoms with Crippen molar-refractivity contribution in [1.82, 2.24) is 10.6 Å². The number of rotatable bonds is 10. The van der Waals surface area contributed by atoms with E-state index in [-0.39, 0.29) is 29.4 Å². The Balaban J connectivity index is 0.00000450. The Morgan fingerprint density at radius 1 is 1.03 bits per heavy atom. The Kier molecular flexibility index (Phi) is 11.3. The second-order valence-corrected chi connectivity index (χ2v) is 8.17. The largest absolute Gasteiger partial charge is 0.493 e. The van der Waals surface area contributed by atoms with Crippen LogP contribution in [0.3, 0.4) is 0 Å². The minimum Gasteiger partial charge on any atom is -0.493 e. The number of hydrogen-bond donors (Lipinski definition) is 2. The number of ether oxygens (including phenoxy) is 3. The molecule has 1 heterocycles.